The number of hydrogen-bond donors (Lipinski definition) is 1. The lowest BCUT2D eigenvalue weighted by Crippen LogP contribution is -2.47. The lowest BCUT2D eigenvalue weighted by molar-refractivity contribution is -0.155. The topological polar surface area (TPSA) is 49.8 Å². The highest BCUT2D eigenvalue weighted by Crippen LogP contribution is 2.31. The first-order chi connectivity index (χ1) is 6.72. The minimum atomic E-state index is -0.493. The van der Waals surface area contributed by atoms with Crippen molar-refractivity contribution in [2.75, 3.05) is 26.2 Å². The van der Waals surface area contributed by atoms with Crippen LogP contribution in [0.5, 0.6) is 0 Å². The van der Waals surface area contributed by atoms with Crippen molar-refractivity contribution in [2.45, 2.75) is 19.4 Å². The van der Waals surface area contributed by atoms with Crippen molar-refractivity contribution in [3.05, 3.63) is 0 Å². The van der Waals surface area contributed by atoms with Gasteiger partial charge in [-0.15, -0.1) is 0 Å². The highest BCUT2D eigenvalue weighted by atomic mass is 16.5. The smallest absolute Gasteiger partial charge is 0.312 e. The molecule has 80 valence electrons. The predicted octanol–water partition coefficient (Wildman–Crippen LogP) is -0.138. The van der Waals surface area contributed by atoms with Crippen LogP contribution in [0.15, 0.2) is 0 Å². The zero-order valence-corrected chi connectivity index (χ0v) is 8.48. The Morgan fingerprint density at radius 2 is 2.36 bits per heavy atom. The molecular weight excluding hydrogens is 182 g/mol. The Labute approximate surface area is 83.8 Å². The molecule has 0 aromatic heterocycles. The van der Waals surface area contributed by atoms with Gasteiger partial charge in [0.15, 0.2) is 0 Å². The van der Waals surface area contributed by atoms with E-state index in [9.17, 15) is 9.90 Å². The number of aliphatic hydroxyl groups is 1. The molecule has 0 spiro atoms. The van der Waals surface area contributed by atoms with E-state index in [2.05, 4.69) is 4.90 Å². The van der Waals surface area contributed by atoms with Gasteiger partial charge in [-0.25, -0.2) is 0 Å². The van der Waals surface area contributed by atoms with Crippen LogP contribution in [0.25, 0.3) is 0 Å². The number of carbonyl (C=O) groups excluding carboxylic acids is 1. The zero-order valence-electron chi connectivity index (χ0n) is 8.48. The Morgan fingerprint density at radius 3 is 3.07 bits per heavy atom. The monoisotopic (exact) mass is 199 g/mol. The van der Waals surface area contributed by atoms with Crippen LogP contribution < -0.4 is 0 Å². The highest BCUT2D eigenvalue weighted by molar-refractivity contribution is 5.73. The Morgan fingerprint density at radius 1 is 1.57 bits per heavy atom. The second-order valence-electron chi connectivity index (χ2n) is 4.16. The number of esters is 1. The molecule has 2 rings (SSSR count). The minimum absolute atomic E-state index is 0.239. The second-order valence-corrected chi connectivity index (χ2v) is 4.16. The van der Waals surface area contributed by atoms with E-state index in [-0.39, 0.29) is 17.8 Å². The molecule has 4 atom stereocenters. The van der Waals surface area contributed by atoms with Crippen LogP contribution in [-0.2, 0) is 9.53 Å². The highest BCUT2D eigenvalue weighted by Gasteiger charge is 2.43. The molecule has 4 heteroatoms. The Balaban J connectivity index is 2.01. The molecule has 1 N–H and O–H groups in total. The van der Waals surface area contributed by atoms with Gasteiger partial charge in [-0.1, -0.05) is 0 Å². The fourth-order valence-corrected chi connectivity index (χ4v) is 2.49. The maximum absolute atomic E-state index is 11.5. The summed E-state index contributed by atoms with van der Waals surface area (Å²) in [6.45, 7) is 4.81. The van der Waals surface area contributed by atoms with Crippen LogP contribution in [0.3, 0.4) is 0 Å². The van der Waals surface area contributed by atoms with E-state index in [1.165, 1.54) is 0 Å². The number of nitrogens with zero attached hydrogens (tertiary/aromatic N) is 1. The first kappa shape index (κ1) is 9.93. The first-order valence-electron chi connectivity index (χ1n) is 5.29. The third-order valence-corrected chi connectivity index (χ3v) is 3.25. The maximum Gasteiger partial charge on any atom is 0.312 e. The van der Waals surface area contributed by atoms with Gasteiger partial charge in [-0.3, -0.25) is 4.79 Å². The lowest BCUT2D eigenvalue weighted by Gasteiger charge is -2.33. The van der Waals surface area contributed by atoms with Gasteiger partial charge in [-0.2, -0.15) is 0 Å². The van der Waals surface area contributed by atoms with Gasteiger partial charge in [0.1, 0.15) is 0 Å². The third kappa shape index (κ3) is 1.64. The van der Waals surface area contributed by atoms with Crippen molar-refractivity contribution in [3.8, 4) is 0 Å². The molecular formula is C10H17NO3. The number of carbonyl (C=O) groups is 1. The lowest BCUT2D eigenvalue weighted by atomic mass is 9.88. The van der Waals surface area contributed by atoms with Gasteiger partial charge in [0.05, 0.1) is 18.6 Å². The fourth-order valence-electron chi connectivity index (χ4n) is 2.49. The summed E-state index contributed by atoms with van der Waals surface area (Å²) in [4.78, 5) is 13.8. The number of hydrogen-bond acceptors (Lipinski definition) is 4. The second kappa shape index (κ2) is 3.87. The normalized spacial score (nSPS) is 41.0. The summed E-state index contributed by atoms with van der Waals surface area (Å²) >= 11 is 0. The fraction of sp³-hybridized carbons (Fsp3) is 0.900. The van der Waals surface area contributed by atoms with Crippen molar-refractivity contribution >= 4 is 5.97 Å². The molecule has 2 aliphatic rings. The van der Waals surface area contributed by atoms with Gasteiger partial charge in [0.2, 0.25) is 0 Å². The van der Waals surface area contributed by atoms with Crippen LogP contribution >= 0.6 is 0 Å². The van der Waals surface area contributed by atoms with Crippen molar-refractivity contribution in [1.29, 1.82) is 0 Å². The molecule has 2 bridgehead atoms. The molecule has 14 heavy (non-hydrogen) atoms. The summed E-state index contributed by atoms with van der Waals surface area (Å²) in [5.74, 6) is -0.286. The SMILES string of the molecule is CCOC(=O)C1CN2CC[C@@H](C2)C1O. The quantitative estimate of drug-likeness (QED) is 0.629. The molecule has 0 radical (unpaired) electrons. The Kier molecular flexibility index (Phi) is 2.74. The summed E-state index contributed by atoms with van der Waals surface area (Å²) in [5, 5.41) is 9.92. The van der Waals surface area contributed by atoms with Gasteiger partial charge in [0.25, 0.3) is 0 Å². The summed E-state index contributed by atoms with van der Waals surface area (Å²) in [7, 11) is 0. The van der Waals surface area contributed by atoms with Crippen LogP contribution in [0.2, 0.25) is 0 Å². The van der Waals surface area contributed by atoms with Crippen LogP contribution in [-0.4, -0.2) is 48.3 Å². The van der Waals surface area contributed by atoms with Gasteiger partial charge >= 0.3 is 5.97 Å². The molecule has 3 unspecified atom stereocenters. The van der Waals surface area contributed by atoms with Crippen molar-refractivity contribution in [2.24, 2.45) is 11.8 Å². The summed E-state index contributed by atoms with van der Waals surface area (Å²) in [6.07, 6.45) is 0.518. The van der Waals surface area contributed by atoms with Gasteiger partial charge in [0, 0.05) is 13.1 Å². The van der Waals surface area contributed by atoms with E-state index in [1.54, 1.807) is 6.92 Å². The van der Waals surface area contributed by atoms with Crippen LogP contribution in [0.1, 0.15) is 13.3 Å². The van der Waals surface area contributed by atoms with E-state index < -0.39 is 6.10 Å². The largest absolute Gasteiger partial charge is 0.466 e. The van der Waals surface area contributed by atoms with E-state index in [0.29, 0.717) is 13.2 Å². The van der Waals surface area contributed by atoms with Crippen molar-refractivity contribution in [3.63, 3.8) is 0 Å². The van der Waals surface area contributed by atoms with E-state index in [0.717, 1.165) is 19.5 Å². The molecule has 0 saturated carbocycles. The van der Waals surface area contributed by atoms with E-state index in [4.69, 9.17) is 4.74 Å². The predicted molar refractivity (Wildman–Crippen MR) is 50.7 cm³/mol. The van der Waals surface area contributed by atoms with Crippen LogP contribution in [0, 0.1) is 11.8 Å². The molecule has 2 fully saturated rings. The molecule has 2 heterocycles. The maximum atomic E-state index is 11.5. The number of piperidine rings is 1. The van der Waals surface area contributed by atoms with Crippen molar-refractivity contribution < 1.29 is 14.6 Å². The molecule has 0 aromatic carbocycles. The van der Waals surface area contributed by atoms with Crippen molar-refractivity contribution in [1.82, 2.24) is 4.90 Å². The van der Waals surface area contributed by atoms with E-state index >= 15 is 0 Å². The van der Waals surface area contributed by atoms with E-state index in [1.807, 2.05) is 0 Å². The minimum Gasteiger partial charge on any atom is -0.466 e. The molecule has 4 nitrogen and oxygen atoms in total. The molecule has 0 amide bonds. The number of aliphatic hydroxyl groups excluding tert-OH is 1. The van der Waals surface area contributed by atoms with Gasteiger partial charge in [-0.05, 0) is 25.8 Å². The summed E-state index contributed by atoms with van der Waals surface area (Å²) < 4.78 is 4.95. The third-order valence-electron chi connectivity index (χ3n) is 3.25. The number of fused-ring (bicyclic) bond motifs is 2. The first-order valence-corrected chi connectivity index (χ1v) is 5.29. The molecule has 2 saturated heterocycles. The number of rotatable bonds is 2. The molecule has 0 aromatic rings. The Hall–Kier alpha value is -0.610. The Bertz CT molecular complexity index is 231. The standard InChI is InChI=1S/C10H17NO3/c1-2-14-10(13)8-6-11-4-3-7(5-11)9(8)12/h7-9,12H,2-6H2,1H3/t7-,8?,9?/m0/s1. The molecule has 0 aliphatic carbocycles. The van der Waals surface area contributed by atoms with Gasteiger partial charge < -0.3 is 14.7 Å². The number of ether oxygens (including phenoxy) is 1. The van der Waals surface area contributed by atoms with Crippen LogP contribution in [0.4, 0.5) is 0 Å². The molecule has 2 aliphatic heterocycles. The summed E-state index contributed by atoms with van der Waals surface area (Å²) in [5.41, 5.74) is 0. The average molecular weight is 199 g/mol. The zero-order chi connectivity index (χ0) is 10.1. The average Bonchev–Trinajstić information content (AvgIpc) is 2.56. The summed E-state index contributed by atoms with van der Waals surface area (Å²) in [6, 6.07) is 0.